The van der Waals surface area contributed by atoms with Gasteiger partial charge in [-0.25, -0.2) is 0 Å². The van der Waals surface area contributed by atoms with Gasteiger partial charge in [-0.2, -0.15) is 0 Å². The molecule has 1 aromatic carbocycles. The van der Waals surface area contributed by atoms with E-state index in [1.54, 1.807) is 0 Å². The van der Waals surface area contributed by atoms with Gasteiger partial charge in [-0.1, -0.05) is 6.92 Å². The number of rotatable bonds is 0. The number of aromatic hydroxyl groups is 1. The molecule has 2 nitrogen and oxygen atoms in total. The number of benzene rings is 1. The summed E-state index contributed by atoms with van der Waals surface area (Å²) in [5.74, 6) is 3.43. The van der Waals surface area contributed by atoms with Gasteiger partial charge in [0.1, 0.15) is 11.5 Å². The minimum atomic E-state index is 0.297. The molecule has 4 atom stereocenters. The van der Waals surface area contributed by atoms with Crippen molar-refractivity contribution < 1.29 is 9.84 Å². The highest BCUT2D eigenvalue weighted by atomic mass is 16.5. The zero-order valence-electron chi connectivity index (χ0n) is 11.1. The standard InChI is InChI=1S/C16H20O2/c1-8-5-12-7-13(17)14-10-3-4-11(6-10)15(14)16(12)18-9(8)2/h7-11,17H,3-6H2,1-2H3. The van der Waals surface area contributed by atoms with Crippen LogP contribution in [0.15, 0.2) is 6.07 Å². The summed E-state index contributed by atoms with van der Waals surface area (Å²) in [6.07, 6.45) is 5.09. The Morgan fingerprint density at radius 2 is 1.89 bits per heavy atom. The Bertz CT molecular complexity index is 520. The van der Waals surface area contributed by atoms with Crippen molar-refractivity contribution in [3.05, 3.63) is 22.8 Å². The summed E-state index contributed by atoms with van der Waals surface area (Å²) >= 11 is 0. The first kappa shape index (κ1) is 10.7. The van der Waals surface area contributed by atoms with E-state index in [-0.39, 0.29) is 0 Å². The smallest absolute Gasteiger partial charge is 0.126 e. The van der Waals surface area contributed by atoms with Crippen LogP contribution in [0.5, 0.6) is 11.5 Å². The van der Waals surface area contributed by atoms with E-state index in [1.165, 1.54) is 36.0 Å². The van der Waals surface area contributed by atoms with E-state index in [0.29, 0.717) is 29.6 Å². The van der Waals surface area contributed by atoms with Crippen molar-refractivity contribution in [2.75, 3.05) is 0 Å². The van der Waals surface area contributed by atoms with Gasteiger partial charge in [0.25, 0.3) is 0 Å². The van der Waals surface area contributed by atoms with Crippen molar-refractivity contribution >= 4 is 0 Å². The second-order valence-corrected chi connectivity index (χ2v) is 6.42. The molecule has 1 aliphatic heterocycles. The van der Waals surface area contributed by atoms with E-state index in [9.17, 15) is 5.11 Å². The number of fused-ring (bicyclic) bond motifs is 7. The van der Waals surface area contributed by atoms with E-state index < -0.39 is 0 Å². The molecular formula is C16H20O2. The van der Waals surface area contributed by atoms with Crippen molar-refractivity contribution in [2.24, 2.45) is 5.92 Å². The SMILES string of the molecule is CC1Cc2cc(O)c3c(c2OC1C)C1CCC3C1. The van der Waals surface area contributed by atoms with E-state index in [1.807, 2.05) is 6.07 Å². The third-order valence-electron chi connectivity index (χ3n) is 5.31. The first-order valence-corrected chi connectivity index (χ1v) is 7.20. The summed E-state index contributed by atoms with van der Waals surface area (Å²) in [4.78, 5) is 0. The van der Waals surface area contributed by atoms with Gasteiger partial charge in [0.15, 0.2) is 0 Å². The highest BCUT2D eigenvalue weighted by Crippen LogP contribution is 2.60. The number of phenolic OH excluding ortho intramolecular Hbond substituents is 1. The summed E-state index contributed by atoms with van der Waals surface area (Å²) in [7, 11) is 0. The van der Waals surface area contributed by atoms with Crippen molar-refractivity contribution in [1.82, 2.24) is 0 Å². The highest BCUT2D eigenvalue weighted by Gasteiger charge is 2.43. The lowest BCUT2D eigenvalue weighted by Gasteiger charge is -2.33. The molecule has 96 valence electrons. The molecule has 2 bridgehead atoms. The summed E-state index contributed by atoms with van der Waals surface area (Å²) in [5, 5.41) is 10.3. The number of hydrogen-bond acceptors (Lipinski definition) is 2. The summed E-state index contributed by atoms with van der Waals surface area (Å²) < 4.78 is 6.18. The van der Waals surface area contributed by atoms with Gasteiger partial charge in [-0.3, -0.25) is 0 Å². The lowest BCUT2D eigenvalue weighted by molar-refractivity contribution is 0.137. The second kappa shape index (κ2) is 3.43. The molecule has 1 aromatic rings. The van der Waals surface area contributed by atoms with Crippen molar-refractivity contribution in [2.45, 2.75) is 57.5 Å². The van der Waals surface area contributed by atoms with Crippen LogP contribution in [0.2, 0.25) is 0 Å². The van der Waals surface area contributed by atoms with Crippen LogP contribution in [0.25, 0.3) is 0 Å². The molecule has 1 fully saturated rings. The van der Waals surface area contributed by atoms with Crippen LogP contribution in [0.1, 0.15) is 61.6 Å². The average Bonchev–Trinajstić information content (AvgIpc) is 2.93. The lowest BCUT2D eigenvalue weighted by Crippen LogP contribution is -2.29. The molecule has 1 N–H and O–H groups in total. The molecule has 0 radical (unpaired) electrons. The van der Waals surface area contributed by atoms with E-state index in [4.69, 9.17) is 4.74 Å². The quantitative estimate of drug-likeness (QED) is 0.753. The number of ether oxygens (including phenoxy) is 1. The maximum Gasteiger partial charge on any atom is 0.126 e. The minimum absolute atomic E-state index is 0.297. The van der Waals surface area contributed by atoms with Gasteiger partial charge in [-0.15, -0.1) is 0 Å². The molecule has 0 amide bonds. The summed E-state index contributed by atoms with van der Waals surface area (Å²) in [5.41, 5.74) is 3.80. The second-order valence-electron chi connectivity index (χ2n) is 6.42. The minimum Gasteiger partial charge on any atom is -0.508 e. The Morgan fingerprint density at radius 3 is 2.67 bits per heavy atom. The third-order valence-corrected chi connectivity index (χ3v) is 5.31. The van der Waals surface area contributed by atoms with Gasteiger partial charge in [0.05, 0.1) is 6.10 Å². The van der Waals surface area contributed by atoms with Gasteiger partial charge < -0.3 is 9.84 Å². The van der Waals surface area contributed by atoms with Crippen LogP contribution < -0.4 is 4.74 Å². The Kier molecular flexibility index (Phi) is 2.04. The monoisotopic (exact) mass is 244 g/mol. The van der Waals surface area contributed by atoms with Crippen LogP contribution in [-0.2, 0) is 6.42 Å². The molecule has 4 rings (SSSR count). The van der Waals surface area contributed by atoms with Gasteiger partial charge in [-0.05, 0) is 62.0 Å². The zero-order chi connectivity index (χ0) is 12.4. The van der Waals surface area contributed by atoms with Crippen molar-refractivity contribution in [3.8, 4) is 11.5 Å². The zero-order valence-corrected chi connectivity index (χ0v) is 11.1. The Labute approximate surface area is 108 Å². The maximum atomic E-state index is 10.3. The molecule has 0 saturated heterocycles. The maximum absolute atomic E-state index is 10.3. The molecule has 4 unspecified atom stereocenters. The molecule has 18 heavy (non-hydrogen) atoms. The fourth-order valence-electron chi connectivity index (χ4n) is 4.19. The van der Waals surface area contributed by atoms with Crippen LogP contribution in [0.3, 0.4) is 0 Å². The molecule has 2 aliphatic carbocycles. The fraction of sp³-hybridized carbons (Fsp3) is 0.625. The molecule has 0 spiro atoms. The average molecular weight is 244 g/mol. The van der Waals surface area contributed by atoms with Crippen LogP contribution in [0.4, 0.5) is 0 Å². The Balaban J connectivity index is 1.92. The van der Waals surface area contributed by atoms with Crippen LogP contribution in [-0.4, -0.2) is 11.2 Å². The predicted molar refractivity (Wildman–Crippen MR) is 70.4 cm³/mol. The number of hydrogen-bond donors (Lipinski definition) is 1. The van der Waals surface area contributed by atoms with Crippen molar-refractivity contribution in [3.63, 3.8) is 0 Å². The molecule has 3 aliphatic rings. The lowest BCUT2D eigenvalue weighted by atomic mass is 9.84. The van der Waals surface area contributed by atoms with Gasteiger partial charge in [0, 0.05) is 11.1 Å². The largest absolute Gasteiger partial charge is 0.508 e. The third kappa shape index (κ3) is 1.24. The topological polar surface area (TPSA) is 29.5 Å². The van der Waals surface area contributed by atoms with E-state index in [2.05, 4.69) is 13.8 Å². The molecule has 2 heteroatoms. The first-order chi connectivity index (χ1) is 8.65. The normalized spacial score (nSPS) is 36.1. The Morgan fingerprint density at radius 1 is 1.17 bits per heavy atom. The summed E-state index contributed by atoms with van der Waals surface area (Å²) in [6, 6.07) is 1.97. The molecular weight excluding hydrogens is 224 g/mol. The fourth-order valence-corrected chi connectivity index (χ4v) is 4.19. The number of phenols is 1. The summed E-state index contributed by atoms with van der Waals surface area (Å²) in [6.45, 7) is 4.39. The van der Waals surface area contributed by atoms with Gasteiger partial charge in [0.2, 0.25) is 0 Å². The van der Waals surface area contributed by atoms with Crippen LogP contribution in [0, 0.1) is 5.92 Å². The first-order valence-electron chi connectivity index (χ1n) is 7.20. The van der Waals surface area contributed by atoms with Gasteiger partial charge >= 0.3 is 0 Å². The molecule has 1 heterocycles. The van der Waals surface area contributed by atoms with E-state index in [0.717, 1.165) is 12.2 Å². The Hall–Kier alpha value is -1.18. The highest BCUT2D eigenvalue weighted by molar-refractivity contribution is 5.60. The predicted octanol–water partition coefficient (Wildman–Crippen LogP) is 3.72. The van der Waals surface area contributed by atoms with E-state index >= 15 is 0 Å². The van der Waals surface area contributed by atoms with Crippen LogP contribution >= 0.6 is 0 Å². The molecule has 1 saturated carbocycles. The molecule has 0 aromatic heterocycles. The van der Waals surface area contributed by atoms with Crippen molar-refractivity contribution in [1.29, 1.82) is 0 Å².